The molecule has 1 aliphatic heterocycles. The van der Waals surface area contributed by atoms with Crippen LogP contribution < -0.4 is 4.74 Å². The second-order valence-electron chi connectivity index (χ2n) is 8.97. The number of ether oxygens (including phenoxy) is 1. The number of nitrogens with zero attached hydrogens (tertiary/aromatic N) is 1. The van der Waals surface area contributed by atoms with E-state index in [1.807, 2.05) is 24.3 Å². The topological polar surface area (TPSA) is 66.8 Å². The van der Waals surface area contributed by atoms with E-state index in [9.17, 15) is 9.59 Å². The van der Waals surface area contributed by atoms with Gasteiger partial charge in [-0.25, -0.2) is 0 Å². The maximum atomic E-state index is 13.1. The number of carbonyl (C=O) groups is 2. The average molecular weight is 488 g/mol. The van der Waals surface area contributed by atoms with Crippen molar-refractivity contribution in [2.24, 2.45) is 5.92 Å². The molecule has 1 atom stereocenters. The zero-order valence-corrected chi connectivity index (χ0v) is 19.9. The van der Waals surface area contributed by atoms with Gasteiger partial charge in [-0.3, -0.25) is 9.59 Å². The average Bonchev–Trinajstić information content (AvgIpc) is 3.03. The number of hydrogen-bond donors (Lipinski definition) is 1. The Morgan fingerprint density at radius 2 is 1.87 bits per heavy atom. The van der Waals surface area contributed by atoms with Crippen molar-refractivity contribution in [2.45, 2.75) is 52.1 Å². The Labute approximate surface area is 192 Å². The van der Waals surface area contributed by atoms with Crippen LogP contribution in [-0.4, -0.2) is 40.6 Å². The van der Waals surface area contributed by atoms with Gasteiger partial charge in [-0.15, -0.1) is 0 Å². The summed E-state index contributed by atoms with van der Waals surface area (Å²) in [5, 5.41) is 9.06. The molecule has 0 fully saturated rings. The molecule has 0 aliphatic carbocycles. The maximum absolute atomic E-state index is 13.1. The van der Waals surface area contributed by atoms with Gasteiger partial charge in [0.25, 0.3) is 5.91 Å². The second-order valence-corrected chi connectivity index (χ2v) is 9.89. The van der Waals surface area contributed by atoms with Gasteiger partial charge in [-0.2, -0.15) is 0 Å². The number of fused-ring (bicyclic) bond motifs is 1. The lowest BCUT2D eigenvalue weighted by Gasteiger charge is -2.24. The van der Waals surface area contributed by atoms with Crippen molar-refractivity contribution in [3.05, 3.63) is 63.6 Å². The summed E-state index contributed by atoms with van der Waals surface area (Å²) < 4.78 is 7.31. The van der Waals surface area contributed by atoms with Gasteiger partial charge >= 0.3 is 5.97 Å². The minimum atomic E-state index is -0.895. The number of halogens is 1. The van der Waals surface area contributed by atoms with Gasteiger partial charge in [0, 0.05) is 36.0 Å². The molecule has 0 spiro atoms. The van der Waals surface area contributed by atoms with Gasteiger partial charge in [-0.05, 0) is 60.7 Å². The highest BCUT2D eigenvalue weighted by atomic mass is 79.9. The van der Waals surface area contributed by atoms with Crippen molar-refractivity contribution in [2.75, 3.05) is 13.1 Å². The zero-order chi connectivity index (χ0) is 22.6. The van der Waals surface area contributed by atoms with Gasteiger partial charge in [0.1, 0.15) is 11.4 Å². The minimum Gasteiger partial charge on any atom is -0.487 e. The van der Waals surface area contributed by atoms with E-state index in [-0.39, 0.29) is 24.5 Å². The predicted molar refractivity (Wildman–Crippen MR) is 125 cm³/mol. The molecule has 2 aromatic carbocycles. The van der Waals surface area contributed by atoms with Crippen LogP contribution in [0.5, 0.6) is 5.75 Å². The van der Waals surface area contributed by atoms with Crippen molar-refractivity contribution >= 4 is 27.8 Å². The molecule has 0 bridgehead atoms. The highest BCUT2D eigenvalue weighted by Crippen LogP contribution is 2.37. The van der Waals surface area contributed by atoms with Crippen LogP contribution >= 0.6 is 15.9 Å². The SMILES string of the molecule is CC(C)CCN(CCC(=O)O)C(=O)c1ccc2c(c1)C[C@](C)(Cc1ccc(Br)cc1)O2. The highest BCUT2D eigenvalue weighted by molar-refractivity contribution is 9.10. The molecule has 166 valence electrons. The Balaban J connectivity index is 1.73. The number of aliphatic carboxylic acids is 1. The normalized spacial score (nSPS) is 17.3. The largest absolute Gasteiger partial charge is 0.487 e. The molecular formula is C25H30BrNO4. The fourth-order valence-corrected chi connectivity index (χ4v) is 4.19. The molecule has 1 amide bonds. The van der Waals surface area contributed by atoms with Crippen molar-refractivity contribution in [1.82, 2.24) is 4.90 Å². The third kappa shape index (κ3) is 6.33. The Kier molecular flexibility index (Phi) is 7.42. The Bertz CT molecular complexity index is 941. The number of carboxylic acids is 1. The molecule has 31 heavy (non-hydrogen) atoms. The summed E-state index contributed by atoms with van der Waals surface area (Å²) in [4.78, 5) is 25.8. The first kappa shape index (κ1) is 23.3. The number of carboxylic acid groups (broad SMARTS) is 1. The van der Waals surface area contributed by atoms with E-state index in [4.69, 9.17) is 9.84 Å². The van der Waals surface area contributed by atoms with Gasteiger partial charge in [-0.1, -0.05) is 41.9 Å². The first-order valence-electron chi connectivity index (χ1n) is 10.7. The minimum absolute atomic E-state index is 0.0524. The number of hydrogen-bond acceptors (Lipinski definition) is 3. The lowest BCUT2D eigenvalue weighted by molar-refractivity contribution is -0.137. The monoisotopic (exact) mass is 487 g/mol. The molecule has 5 nitrogen and oxygen atoms in total. The molecule has 0 saturated carbocycles. The molecular weight excluding hydrogens is 458 g/mol. The quantitative estimate of drug-likeness (QED) is 0.517. The summed E-state index contributed by atoms with van der Waals surface area (Å²) in [6.07, 6.45) is 2.28. The van der Waals surface area contributed by atoms with E-state index >= 15 is 0 Å². The molecule has 0 unspecified atom stereocenters. The van der Waals surface area contributed by atoms with Gasteiger partial charge in [0.05, 0.1) is 6.42 Å². The summed E-state index contributed by atoms with van der Waals surface area (Å²) in [7, 11) is 0. The number of rotatable bonds is 9. The van der Waals surface area contributed by atoms with Gasteiger partial charge < -0.3 is 14.7 Å². The lowest BCUT2D eigenvalue weighted by Crippen LogP contribution is -2.34. The zero-order valence-electron chi connectivity index (χ0n) is 18.4. The summed E-state index contributed by atoms with van der Waals surface area (Å²) in [5.74, 6) is 0.239. The smallest absolute Gasteiger partial charge is 0.305 e. The van der Waals surface area contributed by atoms with E-state index in [1.165, 1.54) is 5.56 Å². The number of carbonyl (C=O) groups excluding carboxylic acids is 1. The van der Waals surface area contributed by atoms with Crippen LogP contribution in [0.3, 0.4) is 0 Å². The Hall–Kier alpha value is -2.34. The summed E-state index contributed by atoms with van der Waals surface area (Å²) in [5.41, 5.74) is 2.44. The lowest BCUT2D eigenvalue weighted by atomic mass is 9.91. The van der Waals surface area contributed by atoms with Crippen LogP contribution in [0, 0.1) is 5.92 Å². The van der Waals surface area contributed by atoms with Crippen molar-refractivity contribution in [1.29, 1.82) is 0 Å². The molecule has 1 aliphatic rings. The number of amides is 1. The van der Waals surface area contributed by atoms with Gasteiger partial charge in [0.2, 0.25) is 0 Å². The van der Waals surface area contributed by atoms with Crippen molar-refractivity contribution in [3.8, 4) is 5.75 Å². The van der Waals surface area contributed by atoms with Crippen LogP contribution in [-0.2, 0) is 17.6 Å². The summed E-state index contributed by atoms with van der Waals surface area (Å²) >= 11 is 3.47. The first-order valence-corrected chi connectivity index (χ1v) is 11.5. The molecule has 1 N–H and O–H groups in total. The van der Waals surface area contributed by atoms with E-state index in [0.29, 0.717) is 18.0 Å². The maximum Gasteiger partial charge on any atom is 0.305 e. The van der Waals surface area contributed by atoms with Crippen LogP contribution in [0.25, 0.3) is 0 Å². The standard InChI is InChI=1S/C25H30BrNO4/c1-17(2)10-12-27(13-11-23(28)29)24(30)19-6-9-22-20(14-19)16-25(3,31-22)15-18-4-7-21(26)8-5-18/h4-9,14,17H,10-13,15-16H2,1-3H3,(H,28,29)/t25-/m0/s1. The fourth-order valence-electron chi connectivity index (χ4n) is 3.93. The van der Waals surface area contributed by atoms with Gasteiger partial charge in [0.15, 0.2) is 0 Å². The third-order valence-electron chi connectivity index (χ3n) is 5.58. The molecule has 3 rings (SSSR count). The van der Waals surface area contributed by atoms with Crippen LogP contribution in [0.4, 0.5) is 0 Å². The molecule has 0 radical (unpaired) electrons. The molecule has 6 heteroatoms. The van der Waals surface area contributed by atoms with Crippen LogP contribution in [0.15, 0.2) is 46.9 Å². The first-order chi connectivity index (χ1) is 14.6. The predicted octanol–water partition coefficient (Wildman–Crippen LogP) is 5.35. The van der Waals surface area contributed by atoms with Crippen molar-refractivity contribution < 1.29 is 19.4 Å². The van der Waals surface area contributed by atoms with E-state index in [1.54, 1.807) is 11.0 Å². The van der Waals surface area contributed by atoms with E-state index in [2.05, 4.69) is 48.8 Å². The molecule has 0 aromatic heterocycles. The Morgan fingerprint density at radius 1 is 1.16 bits per heavy atom. The Morgan fingerprint density at radius 3 is 2.52 bits per heavy atom. The molecule has 1 heterocycles. The second kappa shape index (κ2) is 9.86. The summed E-state index contributed by atoms with van der Waals surface area (Å²) in [6, 6.07) is 13.8. The molecule has 2 aromatic rings. The third-order valence-corrected chi connectivity index (χ3v) is 6.11. The fraction of sp³-hybridized carbons (Fsp3) is 0.440. The van der Waals surface area contributed by atoms with E-state index in [0.717, 1.165) is 35.0 Å². The number of benzene rings is 2. The highest BCUT2D eigenvalue weighted by Gasteiger charge is 2.35. The molecule has 0 saturated heterocycles. The van der Waals surface area contributed by atoms with Crippen molar-refractivity contribution in [3.63, 3.8) is 0 Å². The van der Waals surface area contributed by atoms with Crippen LogP contribution in [0.2, 0.25) is 0 Å². The van der Waals surface area contributed by atoms with E-state index < -0.39 is 5.97 Å². The van der Waals surface area contributed by atoms with Crippen LogP contribution in [0.1, 0.15) is 55.1 Å². The summed E-state index contributed by atoms with van der Waals surface area (Å²) in [6.45, 7) is 7.06.